The first-order valence-electron chi connectivity index (χ1n) is 4.60. The Bertz CT molecular complexity index is 271. The van der Waals surface area contributed by atoms with Crippen LogP contribution in [0.4, 0.5) is 0 Å². The van der Waals surface area contributed by atoms with Crippen LogP contribution in [0.3, 0.4) is 0 Å². The molecule has 4 N–H and O–H groups in total. The van der Waals surface area contributed by atoms with Crippen LogP contribution in [0.25, 0.3) is 0 Å². The predicted molar refractivity (Wildman–Crippen MR) is 51.6 cm³/mol. The van der Waals surface area contributed by atoms with Crippen LogP contribution >= 0.6 is 0 Å². The summed E-state index contributed by atoms with van der Waals surface area (Å²) in [7, 11) is 0. The van der Waals surface area contributed by atoms with E-state index in [4.69, 9.17) is 5.73 Å². The quantitative estimate of drug-likeness (QED) is 0.601. The summed E-state index contributed by atoms with van der Waals surface area (Å²) < 4.78 is 0. The maximum absolute atomic E-state index is 11.4. The highest BCUT2D eigenvalue weighted by Crippen LogP contribution is 1.96. The molecule has 0 spiro atoms. The van der Waals surface area contributed by atoms with Crippen molar-refractivity contribution in [1.29, 1.82) is 0 Å². The molecule has 0 radical (unpaired) electrons. The molecule has 0 saturated heterocycles. The minimum absolute atomic E-state index is 0.114. The number of rotatable bonds is 5. The number of carbonyl (C=O) groups excluding carboxylic acids is 1. The van der Waals surface area contributed by atoms with Crippen LogP contribution < -0.4 is 11.1 Å². The molecule has 6 nitrogen and oxygen atoms in total. The van der Waals surface area contributed by atoms with E-state index in [0.29, 0.717) is 12.2 Å². The molecule has 0 fully saturated rings. The number of nitrogens with two attached hydrogens (primary N) is 1. The number of hydrogen-bond donors (Lipinski definition) is 3. The Hall–Kier alpha value is -1.43. The van der Waals surface area contributed by atoms with E-state index in [0.717, 1.165) is 12.8 Å². The van der Waals surface area contributed by atoms with Gasteiger partial charge in [0.2, 0.25) is 0 Å². The standard InChI is InChI=1S/C8H15N5O/c1-6(3-2-4-9)11-8(14)7-5-10-13-12-7/h5-6H,2-4,9H2,1H3,(H,11,14)(H,10,12,13). The average Bonchev–Trinajstić information content (AvgIpc) is 2.67. The summed E-state index contributed by atoms with van der Waals surface area (Å²) in [5, 5.41) is 12.4. The Morgan fingerprint density at radius 2 is 2.57 bits per heavy atom. The molecule has 1 unspecified atom stereocenters. The van der Waals surface area contributed by atoms with Gasteiger partial charge < -0.3 is 11.1 Å². The molecule has 1 rings (SSSR count). The maximum Gasteiger partial charge on any atom is 0.273 e. The van der Waals surface area contributed by atoms with E-state index < -0.39 is 0 Å². The molecule has 0 saturated carbocycles. The summed E-state index contributed by atoms with van der Waals surface area (Å²) >= 11 is 0. The first-order chi connectivity index (χ1) is 6.74. The summed E-state index contributed by atoms with van der Waals surface area (Å²) in [6, 6.07) is 0.114. The minimum atomic E-state index is -0.205. The lowest BCUT2D eigenvalue weighted by atomic mass is 10.2. The number of carbonyl (C=O) groups is 1. The van der Waals surface area contributed by atoms with Crippen molar-refractivity contribution in [2.75, 3.05) is 6.54 Å². The van der Waals surface area contributed by atoms with E-state index in [-0.39, 0.29) is 11.9 Å². The monoisotopic (exact) mass is 197 g/mol. The van der Waals surface area contributed by atoms with Gasteiger partial charge in [-0.25, -0.2) is 0 Å². The van der Waals surface area contributed by atoms with Gasteiger partial charge in [0.25, 0.3) is 5.91 Å². The van der Waals surface area contributed by atoms with Crippen molar-refractivity contribution in [1.82, 2.24) is 20.7 Å². The van der Waals surface area contributed by atoms with E-state index in [2.05, 4.69) is 20.7 Å². The molecule has 6 heteroatoms. The Labute approximate surface area is 82.3 Å². The second-order valence-electron chi connectivity index (χ2n) is 3.16. The van der Waals surface area contributed by atoms with Crippen molar-refractivity contribution >= 4 is 5.91 Å². The van der Waals surface area contributed by atoms with Gasteiger partial charge >= 0.3 is 0 Å². The van der Waals surface area contributed by atoms with E-state index >= 15 is 0 Å². The average molecular weight is 197 g/mol. The Morgan fingerprint density at radius 1 is 1.79 bits per heavy atom. The maximum atomic E-state index is 11.4. The van der Waals surface area contributed by atoms with Crippen LogP contribution in [0, 0.1) is 0 Å². The highest BCUT2D eigenvalue weighted by atomic mass is 16.2. The Morgan fingerprint density at radius 3 is 3.14 bits per heavy atom. The third-order valence-corrected chi connectivity index (χ3v) is 1.87. The van der Waals surface area contributed by atoms with Gasteiger partial charge in [-0.2, -0.15) is 15.4 Å². The SMILES string of the molecule is CC(CCCN)NC(=O)c1cn[nH]n1. The van der Waals surface area contributed by atoms with Gasteiger partial charge in [-0.05, 0) is 26.3 Å². The van der Waals surface area contributed by atoms with Crippen molar-refractivity contribution in [3.63, 3.8) is 0 Å². The van der Waals surface area contributed by atoms with Crippen LogP contribution in [0.1, 0.15) is 30.3 Å². The molecule has 0 aromatic carbocycles. The summed E-state index contributed by atoms with van der Waals surface area (Å²) in [5.41, 5.74) is 5.67. The zero-order valence-electron chi connectivity index (χ0n) is 8.16. The van der Waals surface area contributed by atoms with Gasteiger partial charge in [-0.15, -0.1) is 0 Å². The molecular formula is C8H15N5O. The van der Waals surface area contributed by atoms with Crippen molar-refractivity contribution in [3.8, 4) is 0 Å². The van der Waals surface area contributed by atoms with Crippen molar-refractivity contribution in [2.45, 2.75) is 25.8 Å². The molecular weight excluding hydrogens is 182 g/mol. The topological polar surface area (TPSA) is 96.7 Å². The molecule has 1 atom stereocenters. The van der Waals surface area contributed by atoms with E-state index in [1.165, 1.54) is 6.20 Å². The van der Waals surface area contributed by atoms with E-state index in [1.807, 2.05) is 6.92 Å². The first-order valence-corrected chi connectivity index (χ1v) is 4.60. The molecule has 1 amide bonds. The molecule has 0 aliphatic carbocycles. The van der Waals surface area contributed by atoms with Gasteiger partial charge in [-0.1, -0.05) is 0 Å². The second-order valence-corrected chi connectivity index (χ2v) is 3.16. The number of hydrogen-bond acceptors (Lipinski definition) is 4. The van der Waals surface area contributed by atoms with Gasteiger partial charge in [0.05, 0.1) is 6.20 Å². The largest absolute Gasteiger partial charge is 0.348 e. The molecule has 78 valence electrons. The summed E-state index contributed by atoms with van der Waals surface area (Å²) in [4.78, 5) is 11.4. The summed E-state index contributed by atoms with van der Waals surface area (Å²) in [6.45, 7) is 2.58. The first kappa shape index (κ1) is 10.6. The van der Waals surface area contributed by atoms with Crippen LogP contribution in [0.15, 0.2) is 6.20 Å². The van der Waals surface area contributed by atoms with Crippen molar-refractivity contribution < 1.29 is 4.79 Å². The fourth-order valence-corrected chi connectivity index (χ4v) is 1.10. The van der Waals surface area contributed by atoms with Gasteiger partial charge in [0, 0.05) is 6.04 Å². The smallest absolute Gasteiger partial charge is 0.273 e. The molecule has 1 heterocycles. The zero-order chi connectivity index (χ0) is 10.4. The number of aromatic amines is 1. The molecule has 0 aliphatic heterocycles. The predicted octanol–water partition coefficient (Wildman–Crippen LogP) is -0.338. The lowest BCUT2D eigenvalue weighted by Gasteiger charge is -2.11. The minimum Gasteiger partial charge on any atom is -0.348 e. The number of H-pyrrole nitrogens is 1. The van der Waals surface area contributed by atoms with E-state index in [1.54, 1.807) is 0 Å². The third-order valence-electron chi connectivity index (χ3n) is 1.87. The lowest BCUT2D eigenvalue weighted by Crippen LogP contribution is -2.33. The molecule has 0 aliphatic rings. The number of nitrogens with zero attached hydrogens (tertiary/aromatic N) is 2. The highest BCUT2D eigenvalue weighted by Gasteiger charge is 2.11. The number of aromatic nitrogens is 3. The Balaban J connectivity index is 2.34. The normalized spacial score (nSPS) is 12.4. The number of nitrogens with one attached hydrogen (secondary N) is 2. The van der Waals surface area contributed by atoms with Gasteiger partial charge in [0.15, 0.2) is 5.69 Å². The summed E-state index contributed by atoms with van der Waals surface area (Å²) in [6.07, 6.45) is 3.17. The second kappa shape index (κ2) is 5.33. The summed E-state index contributed by atoms with van der Waals surface area (Å²) in [5.74, 6) is -0.205. The Kier molecular flexibility index (Phi) is 4.06. The third kappa shape index (κ3) is 3.14. The van der Waals surface area contributed by atoms with E-state index in [9.17, 15) is 4.79 Å². The van der Waals surface area contributed by atoms with Crippen LogP contribution in [-0.2, 0) is 0 Å². The molecule has 14 heavy (non-hydrogen) atoms. The molecule has 1 aromatic heterocycles. The van der Waals surface area contributed by atoms with Crippen LogP contribution in [0.5, 0.6) is 0 Å². The number of amides is 1. The molecule has 1 aromatic rings. The van der Waals surface area contributed by atoms with Crippen molar-refractivity contribution in [2.24, 2.45) is 5.73 Å². The van der Waals surface area contributed by atoms with Gasteiger partial charge in [0.1, 0.15) is 0 Å². The van der Waals surface area contributed by atoms with Crippen LogP contribution in [-0.4, -0.2) is 33.9 Å². The highest BCUT2D eigenvalue weighted by molar-refractivity contribution is 5.91. The lowest BCUT2D eigenvalue weighted by molar-refractivity contribution is 0.0933. The van der Waals surface area contributed by atoms with Crippen LogP contribution in [0.2, 0.25) is 0 Å². The zero-order valence-corrected chi connectivity index (χ0v) is 8.16. The fourth-order valence-electron chi connectivity index (χ4n) is 1.10. The molecule has 0 bridgehead atoms. The van der Waals surface area contributed by atoms with Gasteiger partial charge in [-0.3, -0.25) is 4.79 Å². The fraction of sp³-hybridized carbons (Fsp3) is 0.625. The van der Waals surface area contributed by atoms with Crippen molar-refractivity contribution in [3.05, 3.63) is 11.9 Å².